The van der Waals surface area contributed by atoms with Crippen LogP contribution < -0.4 is 9.47 Å². The number of ketones is 1. The van der Waals surface area contributed by atoms with Crippen LogP contribution in [0.15, 0.2) is 72.3 Å². The first-order valence-corrected chi connectivity index (χ1v) is 12.1. The molecule has 196 valence electrons. The summed E-state index contributed by atoms with van der Waals surface area (Å²) in [6.07, 6.45) is 0. The van der Waals surface area contributed by atoms with Gasteiger partial charge in [0, 0.05) is 12.1 Å². The minimum absolute atomic E-state index is 0.0176. The minimum atomic E-state index is -0.826. The molecular weight excluding hydrogens is 486 g/mol. The van der Waals surface area contributed by atoms with E-state index >= 15 is 0 Å². The van der Waals surface area contributed by atoms with Gasteiger partial charge in [0.1, 0.15) is 5.76 Å². The molecule has 1 heterocycles. The number of Topliss-reactive ketones (excluding diaryl/α,β-unsaturated/α-hetero) is 1. The number of hydrogen-bond donors (Lipinski definition) is 1. The zero-order valence-corrected chi connectivity index (χ0v) is 21.7. The van der Waals surface area contributed by atoms with Crippen molar-refractivity contribution in [3.8, 4) is 11.5 Å². The SMILES string of the molecule is CCOC(=O)c1ccc(CN2C(=O)C(=O)/C(=C(\O)c3ccc(OC)c(OC)c3)C2c2cccc(C)c2)cc1. The highest BCUT2D eigenvalue weighted by molar-refractivity contribution is 6.46. The summed E-state index contributed by atoms with van der Waals surface area (Å²) < 4.78 is 15.7. The van der Waals surface area contributed by atoms with Crippen LogP contribution in [0.3, 0.4) is 0 Å². The Hall–Kier alpha value is -4.59. The molecule has 0 aromatic heterocycles. The first kappa shape index (κ1) is 26.5. The number of nitrogens with zero attached hydrogens (tertiary/aromatic N) is 1. The molecule has 0 bridgehead atoms. The molecule has 0 saturated carbocycles. The zero-order valence-electron chi connectivity index (χ0n) is 21.7. The Kier molecular flexibility index (Phi) is 7.81. The van der Waals surface area contributed by atoms with Gasteiger partial charge >= 0.3 is 5.97 Å². The van der Waals surface area contributed by atoms with Gasteiger partial charge in [0.2, 0.25) is 0 Å². The summed E-state index contributed by atoms with van der Waals surface area (Å²) in [5, 5.41) is 11.4. The lowest BCUT2D eigenvalue weighted by Crippen LogP contribution is -2.29. The van der Waals surface area contributed by atoms with Crippen molar-refractivity contribution in [2.75, 3.05) is 20.8 Å². The molecule has 1 fully saturated rings. The molecule has 1 aliphatic heterocycles. The van der Waals surface area contributed by atoms with Crippen LogP contribution in [0.4, 0.5) is 0 Å². The molecule has 3 aromatic carbocycles. The molecule has 1 unspecified atom stereocenters. The third-order valence-corrected chi connectivity index (χ3v) is 6.37. The molecule has 38 heavy (non-hydrogen) atoms. The lowest BCUT2D eigenvalue weighted by Gasteiger charge is -2.26. The zero-order chi connectivity index (χ0) is 27.4. The van der Waals surface area contributed by atoms with Crippen LogP contribution in [0.1, 0.15) is 45.6 Å². The number of amides is 1. The smallest absolute Gasteiger partial charge is 0.338 e. The topological polar surface area (TPSA) is 102 Å². The molecule has 3 aromatic rings. The van der Waals surface area contributed by atoms with Crippen LogP contribution in [0.25, 0.3) is 5.76 Å². The molecule has 8 nitrogen and oxygen atoms in total. The first-order valence-electron chi connectivity index (χ1n) is 12.1. The van der Waals surface area contributed by atoms with Crippen LogP contribution in [-0.4, -0.2) is 48.5 Å². The Morgan fingerprint density at radius 1 is 0.921 bits per heavy atom. The van der Waals surface area contributed by atoms with E-state index in [1.54, 1.807) is 49.4 Å². The van der Waals surface area contributed by atoms with Crippen molar-refractivity contribution >= 4 is 23.4 Å². The lowest BCUT2D eigenvalue weighted by molar-refractivity contribution is -0.140. The molecule has 0 spiro atoms. The number of aliphatic hydroxyl groups is 1. The maximum Gasteiger partial charge on any atom is 0.338 e. The molecule has 1 N–H and O–H groups in total. The van der Waals surface area contributed by atoms with Gasteiger partial charge in [0.25, 0.3) is 11.7 Å². The van der Waals surface area contributed by atoms with Crippen molar-refractivity contribution in [3.63, 3.8) is 0 Å². The van der Waals surface area contributed by atoms with Crippen molar-refractivity contribution in [2.24, 2.45) is 0 Å². The lowest BCUT2D eigenvalue weighted by atomic mass is 9.94. The Morgan fingerprint density at radius 2 is 1.61 bits per heavy atom. The molecule has 0 radical (unpaired) electrons. The van der Waals surface area contributed by atoms with E-state index in [9.17, 15) is 19.5 Å². The van der Waals surface area contributed by atoms with Crippen molar-refractivity contribution in [1.29, 1.82) is 0 Å². The van der Waals surface area contributed by atoms with Crippen LogP contribution in [0.5, 0.6) is 11.5 Å². The van der Waals surface area contributed by atoms with Crippen molar-refractivity contribution in [1.82, 2.24) is 4.90 Å². The number of carbonyl (C=O) groups excluding carboxylic acids is 3. The summed E-state index contributed by atoms with van der Waals surface area (Å²) >= 11 is 0. The van der Waals surface area contributed by atoms with E-state index in [2.05, 4.69) is 0 Å². The van der Waals surface area contributed by atoms with Gasteiger partial charge in [-0.25, -0.2) is 4.79 Å². The Bertz CT molecular complexity index is 1410. The predicted molar refractivity (Wildman–Crippen MR) is 141 cm³/mol. The quantitative estimate of drug-likeness (QED) is 0.199. The van der Waals surface area contributed by atoms with Gasteiger partial charge in [0.05, 0.1) is 38.0 Å². The molecule has 1 amide bonds. The van der Waals surface area contributed by atoms with Gasteiger partial charge in [-0.3, -0.25) is 9.59 Å². The molecule has 1 aliphatic rings. The maximum atomic E-state index is 13.4. The average molecular weight is 516 g/mol. The van der Waals surface area contributed by atoms with Crippen LogP contribution in [0.2, 0.25) is 0 Å². The Morgan fingerprint density at radius 3 is 2.24 bits per heavy atom. The van der Waals surface area contributed by atoms with Gasteiger partial charge in [-0.15, -0.1) is 0 Å². The molecule has 4 rings (SSSR count). The van der Waals surface area contributed by atoms with E-state index in [4.69, 9.17) is 14.2 Å². The maximum absolute atomic E-state index is 13.4. The van der Waals surface area contributed by atoms with E-state index in [0.717, 1.165) is 5.56 Å². The third-order valence-electron chi connectivity index (χ3n) is 6.37. The first-order chi connectivity index (χ1) is 18.3. The second-order valence-electron chi connectivity index (χ2n) is 8.83. The fourth-order valence-electron chi connectivity index (χ4n) is 4.53. The molecule has 8 heteroatoms. The monoisotopic (exact) mass is 515 g/mol. The highest BCUT2D eigenvalue weighted by atomic mass is 16.5. The van der Waals surface area contributed by atoms with E-state index in [0.29, 0.717) is 33.8 Å². The van der Waals surface area contributed by atoms with Crippen molar-refractivity contribution < 1.29 is 33.7 Å². The fraction of sp³-hybridized carbons (Fsp3) is 0.233. The van der Waals surface area contributed by atoms with Crippen molar-refractivity contribution in [3.05, 3.63) is 100 Å². The number of methoxy groups -OCH3 is 2. The van der Waals surface area contributed by atoms with Gasteiger partial charge in [-0.1, -0.05) is 42.0 Å². The van der Waals surface area contributed by atoms with E-state index in [1.807, 2.05) is 31.2 Å². The third kappa shape index (κ3) is 5.11. The molecule has 1 saturated heterocycles. The van der Waals surface area contributed by atoms with Crippen LogP contribution in [-0.2, 0) is 20.9 Å². The van der Waals surface area contributed by atoms with Crippen LogP contribution in [0, 0.1) is 6.92 Å². The number of likely N-dealkylation sites (tertiary alicyclic amines) is 1. The number of aryl methyl sites for hydroxylation is 1. The molecular formula is C30H29NO7. The molecule has 0 aliphatic carbocycles. The molecule has 1 atom stereocenters. The number of carbonyl (C=O) groups is 3. The number of aliphatic hydroxyl groups excluding tert-OH is 1. The standard InChI is InChI=1S/C30H29NO7/c1-5-38-30(35)20-11-9-19(10-12-20)17-31-26(21-8-6-7-18(2)15-21)25(28(33)29(31)34)27(32)22-13-14-23(36-3)24(16-22)37-4/h6-16,26,32H,5,17H2,1-4H3/b27-25-. The largest absolute Gasteiger partial charge is 0.507 e. The normalized spacial score (nSPS) is 16.4. The number of hydrogen-bond acceptors (Lipinski definition) is 7. The summed E-state index contributed by atoms with van der Waals surface area (Å²) in [5.41, 5.74) is 3.03. The van der Waals surface area contributed by atoms with E-state index in [-0.39, 0.29) is 24.5 Å². The van der Waals surface area contributed by atoms with Gasteiger partial charge < -0.3 is 24.2 Å². The van der Waals surface area contributed by atoms with Crippen LogP contribution >= 0.6 is 0 Å². The number of esters is 1. The fourth-order valence-corrected chi connectivity index (χ4v) is 4.53. The van der Waals surface area contributed by atoms with Crippen molar-refractivity contribution in [2.45, 2.75) is 26.4 Å². The second-order valence-corrected chi connectivity index (χ2v) is 8.83. The Labute approximate surface area is 221 Å². The predicted octanol–water partition coefficient (Wildman–Crippen LogP) is 4.81. The summed E-state index contributed by atoms with van der Waals surface area (Å²) in [4.78, 5) is 40.1. The van der Waals surface area contributed by atoms with Gasteiger partial charge in [-0.2, -0.15) is 0 Å². The number of ether oxygens (including phenoxy) is 3. The summed E-state index contributed by atoms with van der Waals surface area (Å²) in [6.45, 7) is 4.01. The number of benzene rings is 3. The summed E-state index contributed by atoms with van der Waals surface area (Å²) in [6, 6.07) is 18.1. The highest BCUT2D eigenvalue weighted by Crippen LogP contribution is 2.41. The average Bonchev–Trinajstić information content (AvgIpc) is 3.17. The summed E-state index contributed by atoms with van der Waals surface area (Å²) in [5.74, 6) is -1.42. The van der Waals surface area contributed by atoms with E-state index in [1.165, 1.54) is 19.1 Å². The summed E-state index contributed by atoms with van der Waals surface area (Å²) in [7, 11) is 2.97. The van der Waals surface area contributed by atoms with E-state index < -0.39 is 23.7 Å². The Balaban J connectivity index is 1.79. The second kappa shape index (κ2) is 11.2. The van der Waals surface area contributed by atoms with Gasteiger partial charge in [-0.05, 0) is 55.3 Å². The number of rotatable bonds is 8. The highest BCUT2D eigenvalue weighted by Gasteiger charge is 2.46. The van der Waals surface area contributed by atoms with Gasteiger partial charge in [0.15, 0.2) is 11.5 Å². The minimum Gasteiger partial charge on any atom is -0.507 e.